The molecule has 2 aromatic rings. The number of ether oxygens (including phenoxy) is 1. The number of nitrogens with one attached hydrogen (secondary N) is 2. The van der Waals surface area contributed by atoms with Crippen molar-refractivity contribution in [2.45, 2.75) is 11.3 Å². The number of aromatic hydroxyl groups is 1. The molecule has 0 radical (unpaired) electrons. The molecule has 184 valence electrons. The number of hydrogen-bond acceptors (Lipinski definition) is 7. The number of hydrogen-bond donors (Lipinski definition) is 3. The highest BCUT2D eigenvalue weighted by atomic mass is 32.2. The van der Waals surface area contributed by atoms with E-state index in [-0.39, 0.29) is 28.7 Å². The first-order valence-corrected chi connectivity index (χ1v) is 12.4. The molecular formula is C23H30N4O6S. The molecule has 34 heavy (non-hydrogen) atoms. The number of carbonyl (C=O) groups excluding carboxylic acids is 2. The van der Waals surface area contributed by atoms with Gasteiger partial charge in [0.05, 0.1) is 23.7 Å². The number of sulfonamides is 1. The molecule has 1 aliphatic rings. The number of nitrogens with zero attached hydrogens (tertiary/aromatic N) is 2. The third-order valence-electron chi connectivity index (χ3n) is 5.38. The summed E-state index contributed by atoms with van der Waals surface area (Å²) in [7, 11) is -0.823. The lowest BCUT2D eigenvalue weighted by Gasteiger charge is -2.30. The van der Waals surface area contributed by atoms with Gasteiger partial charge in [-0.2, -0.15) is 0 Å². The first kappa shape index (κ1) is 25.5. The third kappa shape index (κ3) is 6.25. The zero-order valence-corrected chi connectivity index (χ0v) is 20.1. The molecule has 3 N–H and O–H groups in total. The lowest BCUT2D eigenvalue weighted by molar-refractivity contribution is 0.0950. The summed E-state index contributed by atoms with van der Waals surface area (Å²) in [6, 6.07) is 10.6. The fourth-order valence-electron chi connectivity index (χ4n) is 3.48. The van der Waals surface area contributed by atoms with Crippen molar-refractivity contribution in [1.29, 1.82) is 0 Å². The maximum absolute atomic E-state index is 13.0. The second-order valence-electron chi connectivity index (χ2n) is 7.98. The van der Waals surface area contributed by atoms with Crippen LogP contribution in [0, 0.1) is 0 Å². The van der Waals surface area contributed by atoms with Gasteiger partial charge >= 0.3 is 0 Å². The Morgan fingerprint density at radius 3 is 2.35 bits per heavy atom. The fourth-order valence-corrected chi connectivity index (χ4v) is 4.41. The van der Waals surface area contributed by atoms with Crippen molar-refractivity contribution in [3.8, 4) is 5.75 Å². The third-order valence-corrected chi connectivity index (χ3v) is 7.19. The smallest absolute Gasteiger partial charge is 0.253 e. The number of benzene rings is 2. The molecule has 0 spiro atoms. The van der Waals surface area contributed by atoms with E-state index in [4.69, 9.17) is 4.74 Å². The Hall–Kier alpha value is -3.15. The number of morpholine rings is 1. The van der Waals surface area contributed by atoms with Crippen LogP contribution < -0.4 is 15.5 Å². The number of phenols is 1. The van der Waals surface area contributed by atoms with Gasteiger partial charge in [0, 0.05) is 51.5 Å². The lowest BCUT2D eigenvalue weighted by atomic mass is 10.1. The van der Waals surface area contributed by atoms with Gasteiger partial charge in [-0.25, -0.2) is 12.7 Å². The van der Waals surface area contributed by atoms with E-state index in [1.807, 2.05) is 4.90 Å². The molecule has 3 rings (SSSR count). The Bertz CT molecular complexity index is 1130. The van der Waals surface area contributed by atoms with Crippen LogP contribution in [0.1, 0.15) is 27.1 Å². The van der Waals surface area contributed by atoms with Crippen LogP contribution in [0.3, 0.4) is 0 Å². The summed E-state index contributed by atoms with van der Waals surface area (Å²) in [6.45, 7) is 2.85. The molecule has 0 saturated carbocycles. The van der Waals surface area contributed by atoms with Gasteiger partial charge in [0.2, 0.25) is 10.0 Å². The van der Waals surface area contributed by atoms with Crippen LogP contribution in [-0.4, -0.2) is 83.1 Å². The van der Waals surface area contributed by atoms with Crippen molar-refractivity contribution in [3.63, 3.8) is 0 Å². The number of amides is 2. The van der Waals surface area contributed by atoms with Crippen molar-refractivity contribution in [2.75, 3.05) is 58.4 Å². The van der Waals surface area contributed by atoms with E-state index in [9.17, 15) is 23.1 Å². The minimum atomic E-state index is -3.70. The van der Waals surface area contributed by atoms with E-state index in [0.717, 1.165) is 4.31 Å². The average molecular weight is 491 g/mol. The van der Waals surface area contributed by atoms with Crippen molar-refractivity contribution in [1.82, 2.24) is 14.9 Å². The zero-order chi connectivity index (χ0) is 24.7. The lowest BCUT2D eigenvalue weighted by Crippen LogP contribution is -2.38. The highest BCUT2D eigenvalue weighted by Crippen LogP contribution is 2.26. The van der Waals surface area contributed by atoms with Crippen LogP contribution in [0.15, 0.2) is 47.4 Å². The largest absolute Gasteiger partial charge is 0.508 e. The maximum atomic E-state index is 13.0. The SMILES string of the molecule is CN(C)S(=O)(=O)c1ccc(N2CCOCC2)c(C(=O)NCCCNC(=O)c2cccc(O)c2)c1. The summed E-state index contributed by atoms with van der Waals surface area (Å²) in [5.74, 6) is -0.704. The predicted molar refractivity (Wildman–Crippen MR) is 128 cm³/mol. The molecular weight excluding hydrogens is 460 g/mol. The van der Waals surface area contributed by atoms with Gasteiger partial charge in [-0.3, -0.25) is 9.59 Å². The van der Waals surface area contributed by atoms with E-state index < -0.39 is 15.9 Å². The number of anilines is 1. The molecule has 2 amide bonds. The van der Waals surface area contributed by atoms with Gasteiger partial charge in [0.25, 0.3) is 11.8 Å². The first-order valence-electron chi connectivity index (χ1n) is 10.9. The molecule has 1 fully saturated rings. The average Bonchev–Trinajstić information content (AvgIpc) is 2.83. The Morgan fingerprint density at radius 2 is 1.71 bits per heavy atom. The standard InChI is InChI=1S/C23H30N4O6S/c1-26(2)34(31,32)19-7-8-21(27-11-13-33-14-12-27)20(16-19)23(30)25-10-4-9-24-22(29)17-5-3-6-18(28)15-17/h3,5-8,15-16,28H,4,9-14H2,1-2H3,(H,24,29)(H,25,30). The summed E-state index contributed by atoms with van der Waals surface area (Å²) in [5.41, 5.74) is 1.27. The van der Waals surface area contributed by atoms with Crippen LogP contribution in [0.5, 0.6) is 5.75 Å². The summed E-state index contributed by atoms with van der Waals surface area (Å²) < 4.78 is 31.7. The van der Waals surface area contributed by atoms with Crippen molar-refractivity contribution < 1.29 is 27.9 Å². The number of rotatable bonds is 9. The highest BCUT2D eigenvalue weighted by Gasteiger charge is 2.24. The molecule has 0 unspecified atom stereocenters. The molecule has 1 heterocycles. The topological polar surface area (TPSA) is 128 Å². The maximum Gasteiger partial charge on any atom is 0.253 e. The Kier molecular flexibility index (Phi) is 8.48. The first-order chi connectivity index (χ1) is 16.2. The molecule has 10 nitrogen and oxygen atoms in total. The molecule has 2 aromatic carbocycles. The molecule has 0 aromatic heterocycles. The molecule has 0 atom stereocenters. The summed E-state index contributed by atoms with van der Waals surface area (Å²) in [4.78, 5) is 27.2. The molecule has 1 saturated heterocycles. The number of phenolic OH excluding ortho intramolecular Hbond substituents is 1. The van der Waals surface area contributed by atoms with Crippen LogP contribution in [0.2, 0.25) is 0 Å². The van der Waals surface area contributed by atoms with Gasteiger partial charge < -0.3 is 25.4 Å². The Balaban J connectivity index is 1.65. The minimum absolute atomic E-state index is 0.00879. The second-order valence-corrected chi connectivity index (χ2v) is 10.1. The van der Waals surface area contributed by atoms with Crippen LogP contribution in [0.25, 0.3) is 0 Å². The fraction of sp³-hybridized carbons (Fsp3) is 0.391. The molecule has 0 bridgehead atoms. The van der Waals surface area contributed by atoms with Crippen molar-refractivity contribution in [2.24, 2.45) is 0 Å². The normalized spacial score (nSPS) is 14.1. The van der Waals surface area contributed by atoms with Gasteiger partial charge in [0.15, 0.2) is 0 Å². The monoisotopic (exact) mass is 490 g/mol. The van der Waals surface area contributed by atoms with Gasteiger partial charge in [-0.15, -0.1) is 0 Å². The van der Waals surface area contributed by atoms with Crippen LogP contribution in [0.4, 0.5) is 5.69 Å². The van der Waals surface area contributed by atoms with E-state index in [0.29, 0.717) is 50.5 Å². The van der Waals surface area contributed by atoms with Gasteiger partial charge in [-0.05, 0) is 42.8 Å². The van der Waals surface area contributed by atoms with Crippen LogP contribution in [-0.2, 0) is 14.8 Å². The van der Waals surface area contributed by atoms with Crippen molar-refractivity contribution in [3.05, 3.63) is 53.6 Å². The second kappa shape index (κ2) is 11.3. The minimum Gasteiger partial charge on any atom is -0.508 e. The summed E-state index contributed by atoms with van der Waals surface area (Å²) in [5, 5.41) is 15.0. The van der Waals surface area contributed by atoms with Gasteiger partial charge in [0.1, 0.15) is 5.75 Å². The number of carbonyl (C=O) groups is 2. The highest BCUT2D eigenvalue weighted by molar-refractivity contribution is 7.89. The summed E-state index contributed by atoms with van der Waals surface area (Å²) >= 11 is 0. The Labute approximate surface area is 199 Å². The van der Waals surface area contributed by atoms with E-state index in [1.54, 1.807) is 18.2 Å². The van der Waals surface area contributed by atoms with E-state index in [1.165, 1.54) is 38.4 Å². The quantitative estimate of drug-likeness (QED) is 0.448. The molecule has 0 aliphatic carbocycles. The Morgan fingerprint density at radius 1 is 1.03 bits per heavy atom. The van der Waals surface area contributed by atoms with Gasteiger partial charge in [-0.1, -0.05) is 6.07 Å². The zero-order valence-electron chi connectivity index (χ0n) is 19.3. The van der Waals surface area contributed by atoms with Crippen molar-refractivity contribution >= 4 is 27.5 Å². The van der Waals surface area contributed by atoms with E-state index >= 15 is 0 Å². The molecule has 11 heteroatoms. The van der Waals surface area contributed by atoms with Crippen LogP contribution >= 0.6 is 0 Å². The predicted octanol–water partition coefficient (Wildman–Crippen LogP) is 1.03. The van der Waals surface area contributed by atoms with E-state index in [2.05, 4.69) is 10.6 Å². The molecule has 1 aliphatic heterocycles. The summed E-state index contributed by atoms with van der Waals surface area (Å²) in [6.07, 6.45) is 0.471.